The van der Waals surface area contributed by atoms with E-state index in [2.05, 4.69) is 24.3 Å². The predicted molar refractivity (Wildman–Crippen MR) is 90.0 cm³/mol. The quantitative estimate of drug-likeness (QED) is 0.776. The molecule has 21 heavy (non-hydrogen) atoms. The van der Waals surface area contributed by atoms with Crippen LogP contribution in [-0.2, 0) is 5.54 Å². The standard InChI is InChI=1S/C18H19Cl2N/c19-16-10-9-14(12-17(16)20)18(21)11-5-4-8-15(18)13-6-2-1-3-7-13/h1-3,6-7,9-10,12,15H,4-5,8,11,21H2. The van der Waals surface area contributed by atoms with Crippen LogP contribution in [0.4, 0.5) is 0 Å². The molecule has 1 saturated carbocycles. The van der Waals surface area contributed by atoms with Crippen molar-refractivity contribution in [1.29, 1.82) is 0 Å². The lowest BCUT2D eigenvalue weighted by atomic mass is 9.67. The molecule has 2 aromatic rings. The molecule has 0 amide bonds. The van der Waals surface area contributed by atoms with Crippen LogP contribution in [0.1, 0.15) is 42.7 Å². The second-order valence-electron chi connectivity index (χ2n) is 5.88. The first kappa shape index (κ1) is 14.9. The van der Waals surface area contributed by atoms with E-state index in [0.29, 0.717) is 16.0 Å². The number of hydrogen-bond acceptors (Lipinski definition) is 1. The fourth-order valence-electron chi connectivity index (χ4n) is 3.48. The molecule has 2 aromatic carbocycles. The molecule has 2 atom stereocenters. The Labute approximate surface area is 136 Å². The van der Waals surface area contributed by atoms with Crippen LogP contribution in [0.15, 0.2) is 48.5 Å². The van der Waals surface area contributed by atoms with Crippen molar-refractivity contribution in [2.45, 2.75) is 37.1 Å². The van der Waals surface area contributed by atoms with Gasteiger partial charge in [-0.25, -0.2) is 0 Å². The third-order valence-electron chi connectivity index (χ3n) is 4.61. The summed E-state index contributed by atoms with van der Waals surface area (Å²) in [6, 6.07) is 16.4. The molecule has 2 N–H and O–H groups in total. The van der Waals surface area contributed by atoms with Crippen LogP contribution in [0.2, 0.25) is 10.0 Å². The Morgan fingerprint density at radius 1 is 0.952 bits per heavy atom. The first-order valence-corrected chi connectivity index (χ1v) is 8.16. The van der Waals surface area contributed by atoms with Gasteiger partial charge in [-0.15, -0.1) is 0 Å². The maximum absolute atomic E-state index is 6.87. The summed E-state index contributed by atoms with van der Waals surface area (Å²) < 4.78 is 0. The normalized spacial score (nSPS) is 25.8. The SMILES string of the molecule is NC1(c2ccc(Cl)c(Cl)c2)CCCCC1c1ccccc1. The fraction of sp³-hybridized carbons (Fsp3) is 0.333. The third-order valence-corrected chi connectivity index (χ3v) is 5.35. The summed E-state index contributed by atoms with van der Waals surface area (Å²) in [5.74, 6) is 0.324. The lowest BCUT2D eigenvalue weighted by molar-refractivity contribution is 0.254. The van der Waals surface area contributed by atoms with Gasteiger partial charge in [0.05, 0.1) is 10.0 Å². The number of halogens is 2. The van der Waals surface area contributed by atoms with Gasteiger partial charge in [-0.2, -0.15) is 0 Å². The minimum atomic E-state index is -0.367. The molecule has 3 heteroatoms. The van der Waals surface area contributed by atoms with Crippen molar-refractivity contribution in [1.82, 2.24) is 0 Å². The van der Waals surface area contributed by atoms with E-state index in [-0.39, 0.29) is 5.54 Å². The van der Waals surface area contributed by atoms with Gasteiger partial charge < -0.3 is 5.73 Å². The van der Waals surface area contributed by atoms with Gasteiger partial charge in [-0.3, -0.25) is 0 Å². The minimum Gasteiger partial charge on any atom is -0.321 e. The van der Waals surface area contributed by atoms with Crippen LogP contribution in [0, 0.1) is 0 Å². The highest BCUT2D eigenvalue weighted by Crippen LogP contribution is 2.46. The molecule has 3 rings (SSSR count). The Morgan fingerprint density at radius 2 is 1.71 bits per heavy atom. The zero-order valence-electron chi connectivity index (χ0n) is 11.9. The zero-order valence-corrected chi connectivity index (χ0v) is 13.4. The van der Waals surface area contributed by atoms with E-state index in [1.54, 1.807) is 0 Å². The molecular formula is C18H19Cl2N. The highest BCUT2D eigenvalue weighted by Gasteiger charge is 2.39. The molecule has 0 aromatic heterocycles. The molecule has 0 spiro atoms. The van der Waals surface area contributed by atoms with Crippen molar-refractivity contribution in [3.05, 3.63) is 69.7 Å². The smallest absolute Gasteiger partial charge is 0.0595 e. The fourth-order valence-corrected chi connectivity index (χ4v) is 3.78. The number of benzene rings is 2. The van der Waals surface area contributed by atoms with E-state index in [1.807, 2.05) is 24.3 Å². The maximum Gasteiger partial charge on any atom is 0.0595 e. The van der Waals surface area contributed by atoms with Crippen LogP contribution in [0.3, 0.4) is 0 Å². The van der Waals surface area contributed by atoms with Gasteiger partial charge in [-0.1, -0.05) is 72.4 Å². The second-order valence-corrected chi connectivity index (χ2v) is 6.69. The van der Waals surface area contributed by atoms with Gasteiger partial charge >= 0.3 is 0 Å². The summed E-state index contributed by atoms with van der Waals surface area (Å²) in [5.41, 5.74) is 8.91. The first-order chi connectivity index (χ1) is 10.1. The molecular weight excluding hydrogens is 301 g/mol. The van der Waals surface area contributed by atoms with E-state index in [1.165, 1.54) is 12.0 Å². The zero-order chi connectivity index (χ0) is 14.9. The summed E-state index contributed by atoms with van der Waals surface area (Å²) in [6.45, 7) is 0. The molecule has 110 valence electrons. The van der Waals surface area contributed by atoms with Gasteiger partial charge in [-0.05, 0) is 36.1 Å². The molecule has 1 nitrogen and oxygen atoms in total. The number of nitrogens with two attached hydrogens (primary N) is 1. The van der Waals surface area contributed by atoms with Crippen LogP contribution in [0.5, 0.6) is 0 Å². The Balaban J connectivity index is 2.04. The van der Waals surface area contributed by atoms with Crippen molar-refractivity contribution < 1.29 is 0 Å². The lowest BCUT2D eigenvalue weighted by Crippen LogP contribution is -2.45. The Morgan fingerprint density at radius 3 is 2.43 bits per heavy atom. The highest BCUT2D eigenvalue weighted by molar-refractivity contribution is 6.42. The summed E-state index contributed by atoms with van der Waals surface area (Å²) in [4.78, 5) is 0. The molecule has 0 saturated heterocycles. The van der Waals surface area contributed by atoms with Crippen molar-refractivity contribution >= 4 is 23.2 Å². The maximum atomic E-state index is 6.87. The topological polar surface area (TPSA) is 26.0 Å². The molecule has 0 bridgehead atoms. The number of rotatable bonds is 2. The molecule has 1 aliphatic carbocycles. The van der Waals surface area contributed by atoms with Crippen LogP contribution < -0.4 is 5.73 Å². The van der Waals surface area contributed by atoms with Crippen LogP contribution >= 0.6 is 23.2 Å². The van der Waals surface area contributed by atoms with E-state index in [9.17, 15) is 0 Å². The summed E-state index contributed by atoms with van der Waals surface area (Å²) in [5, 5.41) is 1.16. The average Bonchev–Trinajstić information content (AvgIpc) is 2.51. The third kappa shape index (κ3) is 2.83. The van der Waals surface area contributed by atoms with E-state index in [0.717, 1.165) is 24.8 Å². The van der Waals surface area contributed by atoms with Gasteiger partial charge in [0.25, 0.3) is 0 Å². The van der Waals surface area contributed by atoms with E-state index >= 15 is 0 Å². The summed E-state index contributed by atoms with van der Waals surface area (Å²) in [7, 11) is 0. The van der Waals surface area contributed by atoms with Gasteiger partial charge in [0, 0.05) is 11.5 Å². The van der Waals surface area contributed by atoms with E-state index in [4.69, 9.17) is 28.9 Å². The lowest BCUT2D eigenvalue weighted by Gasteiger charge is -2.42. The average molecular weight is 320 g/mol. The van der Waals surface area contributed by atoms with Crippen molar-refractivity contribution in [3.63, 3.8) is 0 Å². The Bertz CT molecular complexity index is 626. The van der Waals surface area contributed by atoms with Crippen LogP contribution in [0.25, 0.3) is 0 Å². The molecule has 0 aliphatic heterocycles. The summed E-state index contributed by atoms with van der Waals surface area (Å²) >= 11 is 12.2. The first-order valence-electron chi connectivity index (χ1n) is 7.40. The largest absolute Gasteiger partial charge is 0.321 e. The monoisotopic (exact) mass is 319 g/mol. The minimum absolute atomic E-state index is 0.324. The highest BCUT2D eigenvalue weighted by atomic mass is 35.5. The summed E-state index contributed by atoms with van der Waals surface area (Å²) in [6.07, 6.45) is 4.46. The van der Waals surface area contributed by atoms with Crippen molar-refractivity contribution in [2.24, 2.45) is 5.73 Å². The van der Waals surface area contributed by atoms with Gasteiger partial charge in [0.2, 0.25) is 0 Å². The molecule has 0 heterocycles. The molecule has 0 radical (unpaired) electrons. The molecule has 2 unspecified atom stereocenters. The predicted octanol–water partition coefficient (Wildman–Crippen LogP) is 5.51. The van der Waals surface area contributed by atoms with Gasteiger partial charge in [0.1, 0.15) is 0 Å². The van der Waals surface area contributed by atoms with Gasteiger partial charge in [0.15, 0.2) is 0 Å². The Hall–Kier alpha value is -1.02. The molecule has 1 fully saturated rings. The second kappa shape index (κ2) is 6.00. The van der Waals surface area contributed by atoms with E-state index < -0.39 is 0 Å². The molecule has 1 aliphatic rings. The van der Waals surface area contributed by atoms with Crippen LogP contribution in [-0.4, -0.2) is 0 Å². The van der Waals surface area contributed by atoms with Crippen molar-refractivity contribution in [2.75, 3.05) is 0 Å². The van der Waals surface area contributed by atoms with Crippen molar-refractivity contribution in [3.8, 4) is 0 Å². The number of hydrogen-bond donors (Lipinski definition) is 1. The Kier molecular flexibility index (Phi) is 4.26.